The molecule has 1 saturated heterocycles. The number of carbonyl (C=O) groups is 2. The van der Waals surface area contributed by atoms with Gasteiger partial charge in [0.25, 0.3) is 0 Å². The third kappa shape index (κ3) is 2.25. The van der Waals surface area contributed by atoms with Crippen molar-refractivity contribution in [2.24, 2.45) is 0 Å². The van der Waals surface area contributed by atoms with Gasteiger partial charge in [-0.05, 0) is 12.8 Å². The molecule has 2 amide bonds. The summed E-state index contributed by atoms with van der Waals surface area (Å²) in [6, 6.07) is 0. The molecule has 5 nitrogen and oxygen atoms in total. The first-order valence-corrected chi connectivity index (χ1v) is 6.97. The molecule has 0 aromatic carbocycles. The number of carbonyl (C=O) groups excluding carboxylic acids is 2. The molecule has 0 radical (unpaired) electrons. The Bertz CT molecular complexity index is 440. The van der Waals surface area contributed by atoms with Crippen molar-refractivity contribution in [1.82, 2.24) is 15.2 Å². The van der Waals surface area contributed by atoms with Gasteiger partial charge < -0.3 is 10.2 Å². The molecule has 0 unspecified atom stereocenters. The summed E-state index contributed by atoms with van der Waals surface area (Å²) in [4.78, 5) is 30.9. The lowest BCUT2D eigenvalue weighted by molar-refractivity contribution is -0.150. The van der Waals surface area contributed by atoms with Crippen molar-refractivity contribution in [3.05, 3.63) is 16.6 Å². The molecule has 0 aliphatic carbocycles. The van der Waals surface area contributed by atoms with Crippen LogP contribution >= 0.6 is 11.3 Å². The molecule has 1 fully saturated rings. The molecule has 1 aliphatic heterocycles. The van der Waals surface area contributed by atoms with E-state index in [2.05, 4.69) is 10.3 Å². The molecule has 1 aromatic rings. The molecule has 0 bridgehead atoms. The lowest BCUT2D eigenvalue weighted by atomic mass is 9.89. The van der Waals surface area contributed by atoms with Crippen molar-refractivity contribution in [1.29, 1.82) is 0 Å². The van der Waals surface area contributed by atoms with E-state index in [0.29, 0.717) is 19.4 Å². The first-order valence-electron chi connectivity index (χ1n) is 6.09. The van der Waals surface area contributed by atoms with Crippen LogP contribution in [0.25, 0.3) is 0 Å². The lowest BCUT2D eigenvalue weighted by Crippen LogP contribution is -2.65. The van der Waals surface area contributed by atoms with Crippen LogP contribution in [0.2, 0.25) is 0 Å². The van der Waals surface area contributed by atoms with Gasteiger partial charge in [0.2, 0.25) is 11.8 Å². The number of hydrogen-bond acceptors (Lipinski definition) is 4. The molecule has 2 heterocycles. The first-order chi connectivity index (χ1) is 8.61. The average molecular weight is 267 g/mol. The molecular formula is C12H17N3O2S. The second-order valence-corrected chi connectivity index (χ2v) is 5.44. The largest absolute Gasteiger partial charge is 0.340 e. The Morgan fingerprint density at radius 1 is 1.44 bits per heavy atom. The van der Waals surface area contributed by atoms with Crippen molar-refractivity contribution >= 4 is 23.2 Å². The molecule has 1 N–H and O–H groups in total. The fraction of sp³-hybridized carbons (Fsp3) is 0.583. The number of hydrogen-bond donors (Lipinski definition) is 1. The second kappa shape index (κ2) is 5.06. The van der Waals surface area contributed by atoms with Crippen LogP contribution in [0.1, 0.15) is 31.6 Å². The van der Waals surface area contributed by atoms with Crippen molar-refractivity contribution in [3.63, 3.8) is 0 Å². The Morgan fingerprint density at radius 2 is 2.17 bits per heavy atom. The summed E-state index contributed by atoms with van der Waals surface area (Å²) in [6.07, 6.45) is 2.98. The van der Waals surface area contributed by atoms with Gasteiger partial charge in [-0.15, -0.1) is 11.3 Å². The van der Waals surface area contributed by atoms with Gasteiger partial charge in [0.05, 0.1) is 12.1 Å². The van der Waals surface area contributed by atoms with Crippen LogP contribution in [0.5, 0.6) is 0 Å². The molecule has 0 saturated carbocycles. The maximum absolute atomic E-state index is 12.5. The smallest absolute Gasteiger partial charge is 0.249 e. The third-order valence-corrected chi connectivity index (χ3v) is 4.21. The zero-order chi connectivity index (χ0) is 13.2. The quantitative estimate of drug-likeness (QED) is 0.890. The van der Waals surface area contributed by atoms with Gasteiger partial charge in [0, 0.05) is 11.1 Å². The van der Waals surface area contributed by atoms with Crippen molar-refractivity contribution in [3.8, 4) is 0 Å². The van der Waals surface area contributed by atoms with Gasteiger partial charge in [-0.25, -0.2) is 0 Å². The van der Waals surface area contributed by atoms with Crippen LogP contribution in [0.4, 0.5) is 0 Å². The second-order valence-electron chi connectivity index (χ2n) is 4.47. The molecule has 1 aromatic heterocycles. The molecule has 98 valence electrons. The highest BCUT2D eigenvalue weighted by Gasteiger charge is 2.43. The summed E-state index contributed by atoms with van der Waals surface area (Å²) < 4.78 is 0. The van der Waals surface area contributed by atoms with E-state index in [-0.39, 0.29) is 18.4 Å². The standard InChI is InChI=1S/C12H17N3O2S/c1-3-12(4-2)11(17)15(7-10(16)14-12)6-9-5-13-8-18-9/h5,8H,3-4,6-7H2,1-2H3,(H,14,16). The minimum Gasteiger partial charge on any atom is -0.340 e. The summed E-state index contributed by atoms with van der Waals surface area (Å²) in [6.45, 7) is 4.47. The van der Waals surface area contributed by atoms with Crippen LogP contribution in [0, 0.1) is 0 Å². The summed E-state index contributed by atoms with van der Waals surface area (Å²) >= 11 is 1.50. The van der Waals surface area contributed by atoms with Crippen molar-refractivity contribution < 1.29 is 9.59 Å². The van der Waals surface area contributed by atoms with Gasteiger partial charge in [-0.1, -0.05) is 13.8 Å². The SMILES string of the molecule is CCC1(CC)NC(=O)CN(Cc2cncs2)C1=O. The van der Waals surface area contributed by atoms with Crippen molar-refractivity contribution in [2.45, 2.75) is 38.8 Å². The Labute approximate surface area is 110 Å². The first kappa shape index (κ1) is 13.0. The van der Waals surface area contributed by atoms with Gasteiger partial charge in [0.15, 0.2) is 0 Å². The predicted molar refractivity (Wildman–Crippen MR) is 69.0 cm³/mol. The number of nitrogens with zero attached hydrogens (tertiary/aromatic N) is 2. The van der Waals surface area contributed by atoms with Crippen LogP contribution in [0.3, 0.4) is 0 Å². The zero-order valence-electron chi connectivity index (χ0n) is 10.6. The normalized spacial score (nSPS) is 18.9. The summed E-state index contributed by atoms with van der Waals surface area (Å²) in [5.74, 6) is -0.0664. The molecular weight excluding hydrogens is 250 g/mol. The zero-order valence-corrected chi connectivity index (χ0v) is 11.4. The van der Waals surface area contributed by atoms with Gasteiger partial charge in [-0.3, -0.25) is 14.6 Å². The number of nitrogens with one attached hydrogen (secondary N) is 1. The molecule has 6 heteroatoms. The number of amides is 2. The Morgan fingerprint density at radius 3 is 2.72 bits per heavy atom. The van der Waals surface area contributed by atoms with Crippen LogP contribution < -0.4 is 5.32 Å². The maximum atomic E-state index is 12.5. The van der Waals surface area contributed by atoms with Crippen LogP contribution in [-0.2, 0) is 16.1 Å². The van der Waals surface area contributed by atoms with E-state index >= 15 is 0 Å². The molecule has 2 rings (SSSR count). The maximum Gasteiger partial charge on any atom is 0.249 e. The fourth-order valence-corrected chi connectivity index (χ4v) is 2.88. The Kier molecular flexibility index (Phi) is 3.65. The highest BCUT2D eigenvalue weighted by atomic mass is 32.1. The number of piperazine rings is 1. The minimum atomic E-state index is -0.722. The van der Waals surface area contributed by atoms with Gasteiger partial charge in [-0.2, -0.15) is 0 Å². The van der Waals surface area contributed by atoms with E-state index in [1.54, 1.807) is 16.6 Å². The number of thiazole rings is 1. The minimum absolute atomic E-state index is 0.0144. The van der Waals surface area contributed by atoms with E-state index in [1.165, 1.54) is 11.3 Å². The molecule has 0 atom stereocenters. The fourth-order valence-electron chi connectivity index (χ4n) is 2.27. The Hall–Kier alpha value is -1.43. The van der Waals surface area contributed by atoms with E-state index < -0.39 is 5.54 Å². The van der Waals surface area contributed by atoms with E-state index in [0.717, 1.165) is 4.88 Å². The molecule has 1 aliphatic rings. The van der Waals surface area contributed by atoms with E-state index in [4.69, 9.17) is 0 Å². The van der Waals surface area contributed by atoms with Gasteiger partial charge >= 0.3 is 0 Å². The Balaban J connectivity index is 2.20. The topological polar surface area (TPSA) is 62.3 Å². The highest BCUT2D eigenvalue weighted by Crippen LogP contribution is 2.24. The predicted octanol–water partition coefficient (Wildman–Crippen LogP) is 1.16. The summed E-state index contributed by atoms with van der Waals surface area (Å²) in [5, 5.41) is 2.85. The lowest BCUT2D eigenvalue weighted by Gasteiger charge is -2.41. The monoisotopic (exact) mass is 267 g/mol. The average Bonchev–Trinajstić information content (AvgIpc) is 2.86. The van der Waals surface area contributed by atoms with Crippen LogP contribution in [-0.4, -0.2) is 33.8 Å². The number of aromatic nitrogens is 1. The number of rotatable bonds is 4. The van der Waals surface area contributed by atoms with E-state index in [1.807, 2.05) is 13.8 Å². The molecule has 0 spiro atoms. The van der Waals surface area contributed by atoms with Gasteiger partial charge in [0.1, 0.15) is 12.1 Å². The van der Waals surface area contributed by atoms with E-state index in [9.17, 15) is 9.59 Å². The van der Waals surface area contributed by atoms with Crippen LogP contribution in [0.15, 0.2) is 11.7 Å². The summed E-state index contributed by atoms with van der Waals surface area (Å²) in [5.41, 5.74) is 1.01. The van der Waals surface area contributed by atoms with Crippen molar-refractivity contribution in [2.75, 3.05) is 6.54 Å². The highest BCUT2D eigenvalue weighted by molar-refractivity contribution is 7.09. The third-order valence-electron chi connectivity index (χ3n) is 3.45. The molecule has 18 heavy (non-hydrogen) atoms. The summed E-state index contributed by atoms with van der Waals surface area (Å²) in [7, 11) is 0.